The van der Waals surface area contributed by atoms with E-state index in [1.54, 1.807) is 18.7 Å². The molecule has 0 spiro atoms. The minimum absolute atomic E-state index is 0.0376. The molecule has 0 radical (unpaired) electrons. The zero-order chi connectivity index (χ0) is 18.6. The molecular weight excluding hydrogens is 342 g/mol. The fourth-order valence-electron chi connectivity index (χ4n) is 3.16. The predicted molar refractivity (Wildman–Crippen MR) is 95.8 cm³/mol. The molecule has 140 valence electrons. The van der Waals surface area contributed by atoms with E-state index in [0.29, 0.717) is 32.1 Å². The Labute approximate surface area is 149 Å². The van der Waals surface area contributed by atoms with Crippen molar-refractivity contribution in [3.63, 3.8) is 0 Å². The molecule has 1 aromatic heterocycles. The highest BCUT2D eigenvalue weighted by Crippen LogP contribution is 2.16. The molecular formula is C17H27N3O4S. The smallest absolute Gasteiger partial charge is 0.251 e. The average molecular weight is 369 g/mol. The van der Waals surface area contributed by atoms with E-state index < -0.39 is 10.0 Å². The fraction of sp³-hybridized carbons (Fsp3) is 0.647. The van der Waals surface area contributed by atoms with Crippen molar-refractivity contribution < 1.29 is 13.2 Å². The number of carbonyl (C=O) groups is 1. The molecule has 7 nitrogen and oxygen atoms in total. The third-order valence-corrected chi connectivity index (χ3v) is 6.65. The molecule has 1 unspecified atom stereocenters. The van der Waals surface area contributed by atoms with Crippen molar-refractivity contribution >= 4 is 15.9 Å². The predicted octanol–water partition coefficient (Wildman–Crippen LogP) is 1.14. The lowest BCUT2D eigenvalue weighted by Crippen LogP contribution is -2.42. The van der Waals surface area contributed by atoms with E-state index in [2.05, 4.69) is 6.92 Å². The summed E-state index contributed by atoms with van der Waals surface area (Å²) in [4.78, 5) is 26.3. The Balaban J connectivity index is 2.24. The summed E-state index contributed by atoms with van der Waals surface area (Å²) in [7, 11) is -3.66. The van der Waals surface area contributed by atoms with E-state index in [1.807, 2.05) is 0 Å². The summed E-state index contributed by atoms with van der Waals surface area (Å²) < 4.78 is 27.7. The van der Waals surface area contributed by atoms with Gasteiger partial charge in [-0.2, -0.15) is 4.31 Å². The number of amides is 1. The van der Waals surface area contributed by atoms with Crippen molar-refractivity contribution in [3.8, 4) is 0 Å². The number of piperidine rings is 1. The third-order valence-electron chi connectivity index (χ3n) is 4.61. The molecule has 1 aliphatic rings. The van der Waals surface area contributed by atoms with Crippen molar-refractivity contribution in [2.45, 2.75) is 45.1 Å². The third kappa shape index (κ3) is 4.49. The number of rotatable bonds is 6. The zero-order valence-electron chi connectivity index (χ0n) is 15.1. The summed E-state index contributed by atoms with van der Waals surface area (Å²) in [6, 6.07) is 2.52. The van der Waals surface area contributed by atoms with E-state index >= 15 is 0 Å². The number of aromatic nitrogens is 1. The van der Waals surface area contributed by atoms with Crippen molar-refractivity contribution in [3.05, 3.63) is 28.7 Å². The molecule has 25 heavy (non-hydrogen) atoms. The Bertz CT molecular complexity index is 768. The van der Waals surface area contributed by atoms with Crippen LogP contribution < -0.4 is 5.56 Å². The second kappa shape index (κ2) is 8.14. The van der Waals surface area contributed by atoms with Gasteiger partial charge >= 0.3 is 0 Å². The van der Waals surface area contributed by atoms with Crippen molar-refractivity contribution in [2.24, 2.45) is 5.92 Å². The van der Waals surface area contributed by atoms with Gasteiger partial charge in [-0.05, 0) is 24.8 Å². The van der Waals surface area contributed by atoms with E-state index in [4.69, 9.17) is 0 Å². The van der Waals surface area contributed by atoms with Gasteiger partial charge in [-0.15, -0.1) is 0 Å². The van der Waals surface area contributed by atoms with Crippen LogP contribution in [0.1, 0.15) is 33.6 Å². The summed E-state index contributed by atoms with van der Waals surface area (Å²) in [6.07, 6.45) is 3.33. The van der Waals surface area contributed by atoms with Gasteiger partial charge in [-0.25, -0.2) is 8.42 Å². The van der Waals surface area contributed by atoms with Gasteiger partial charge in [0.2, 0.25) is 15.9 Å². The largest absolute Gasteiger partial charge is 0.341 e. The molecule has 0 aromatic carbocycles. The van der Waals surface area contributed by atoms with E-state index in [-0.39, 0.29) is 22.9 Å². The highest BCUT2D eigenvalue weighted by molar-refractivity contribution is 7.89. The molecule has 8 heteroatoms. The lowest BCUT2D eigenvalue weighted by molar-refractivity contribution is -0.133. The van der Waals surface area contributed by atoms with Gasteiger partial charge in [0.1, 0.15) is 6.54 Å². The molecule has 1 amide bonds. The highest BCUT2D eigenvalue weighted by Gasteiger charge is 2.24. The molecule has 0 N–H and O–H groups in total. The van der Waals surface area contributed by atoms with Crippen LogP contribution in [0, 0.1) is 5.92 Å². The highest BCUT2D eigenvalue weighted by atomic mass is 32.2. The van der Waals surface area contributed by atoms with Crippen LogP contribution in [0.15, 0.2) is 28.0 Å². The molecule has 0 bridgehead atoms. The topological polar surface area (TPSA) is 79.7 Å². The monoisotopic (exact) mass is 369 g/mol. The quantitative estimate of drug-likeness (QED) is 0.753. The van der Waals surface area contributed by atoms with Crippen LogP contribution in [0.25, 0.3) is 0 Å². The number of hydrogen-bond donors (Lipinski definition) is 0. The van der Waals surface area contributed by atoms with Gasteiger partial charge in [0, 0.05) is 38.4 Å². The molecule has 1 fully saturated rings. The standard InChI is InChI=1S/C17H27N3O4S/c1-4-20(5-2)25(23,24)15-8-9-16(21)19(12-15)13-17(22)18-10-6-7-14(3)11-18/h8-9,12,14H,4-7,10-11,13H2,1-3H3. The van der Waals surface area contributed by atoms with Crippen LogP contribution in [0.3, 0.4) is 0 Å². The first kappa shape index (κ1) is 19.7. The maximum atomic E-state index is 12.6. The van der Waals surface area contributed by atoms with E-state index in [9.17, 15) is 18.0 Å². The van der Waals surface area contributed by atoms with E-state index in [0.717, 1.165) is 12.8 Å². The van der Waals surface area contributed by atoms with Crippen LogP contribution in [-0.2, 0) is 21.4 Å². The summed E-state index contributed by atoms with van der Waals surface area (Å²) in [5.41, 5.74) is -0.378. The molecule has 0 saturated carbocycles. The average Bonchev–Trinajstić information content (AvgIpc) is 2.57. The molecule has 2 heterocycles. The lowest BCUT2D eigenvalue weighted by Gasteiger charge is -2.31. The number of carbonyl (C=O) groups excluding carboxylic acids is 1. The van der Waals surface area contributed by atoms with Gasteiger partial charge in [0.25, 0.3) is 5.56 Å². The van der Waals surface area contributed by atoms with Crippen molar-refractivity contribution in [1.82, 2.24) is 13.8 Å². The molecule has 1 aliphatic heterocycles. The minimum atomic E-state index is -3.66. The minimum Gasteiger partial charge on any atom is -0.341 e. The molecule has 1 saturated heterocycles. The van der Waals surface area contributed by atoms with Crippen LogP contribution in [0.5, 0.6) is 0 Å². The first-order chi connectivity index (χ1) is 11.8. The van der Waals surface area contributed by atoms with Gasteiger partial charge in [-0.1, -0.05) is 20.8 Å². The van der Waals surface area contributed by atoms with Gasteiger partial charge in [0.15, 0.2) is 0 Å². The fourth-order valence-corrected chi connectivity index (χ4v) is 4.64. The first-order valence-corrected chi connectivity index (χ1v) is 10.2. The molecule has 1 atom stereocenters. The van der Waals surface area contributed by atoms with Crippen molar-refractivity contribution in [2.75, 3.05) is 26.2 Å². The maximum absolute atomic E-state index is 12.6. The second-order valence-electron chi connectivity index (χ2n) is 6.51. The van der Waals surface area contributed by atoms with Crippen LogP contribution in [-0.4, -0.2) is 54.3 Å². The lowest BCUT2D eigenvalue weighted by atomic mass is 10.0. The SMILES string of the molecule is CCN(CC)S(=O)(=O)c1ccc(=O)n(CC(=O)N2CCCC(C)C2)c1. The van der Waals surface area contributed by atoms with Gasteiger partial charge in [-0.3, -0.25) is 9.59 Å². The number of pyridine rings is 1. The summed E-state index contributed by atoms with van der Waals surface area (Å²) in [6.45, 7) is 7.57. The van der Waals surface area contributed by atoms with Crippen LogP contribution in [0.2, 0.25) is 0 Å². The second-order valence-corrected chi connectivity index (χ2v) is 8.45. The first-order valence-electron chi connectivity index (χ1n) is 8.78. The zero-order valence-corrected chi connectivity index (χ0v) is 16.0. The normalized spacial score (nSPS) is 18.6. The Hall–Kier alpha value is -1.67. The molecule has 1 aromatic rings. The Kier molecular flexibility index (Phi) is 6.40. The summed E-state index contributed by atoms with van der Waals surface area (Å²) in [5.74, 6) is 0.301. The Morgan fingerprint density at radius 1 is 1.28 bits per heavy atom. The molecule has 0 aliphatic carbocycles. The number of sulfonamides is 1. The van der Waals surface area contributed by atoms with Crippen LogP contribution >= 0.6 is 0 Å². The van der Waals surface area contributed by atoms with Gasteiger partial charge < -0.3 is 9.47 Å². The van der Waals surface area contributed by atoms with Crippen molar-refractivity contribution in [1.29, 1.82) is 0 Å². The maximum Gasteiger partial charge on any atom is 0.251 e. The summed E-state index contributed by atoms with van der Waals surface area (Å²) in [5, 5.41) is 0. The van der Waals surface area contributed by atoms with Gasteiger partial charge in [0.05, 0.1) is 4.90 Å². The van der Waals surface area contributed by atoms with Crippen LogP contribution in [0.4, 0.5) is 0 Å². The molecule has 2 rings (SSSR count). The van der Waals surface area contributed by atoms with E-state index in [1.165, 1.54) is 27.2 Å². The number of likely N-dealkylation sites (tertiary alicyclic amines) is 1. The Morgan fingerprint density at radius 2 is 1.96 bits per heavy atom. The summed E-state index contributed by atoms with van der Waals surface area (Å²) >= 11 is 0. The number of hydrogen-bond acceptors (Lipinski definition) is 4. The Morgan fingerprint density at radius 3 is 2.56 bits per heavy atom. The number of nitrogens with zero attached hydrogens (tertiary/aromatic N) is 3.